The molecule has 37 heavy (non-hydrogen) atoms. The van der Waals surface area contributed by atoms with Gasteiger partial charge in [-0.15, -0.1) is 0 Å². The summed E-state index contributed by atoms with van der Waals surface area (Å²) in [7, 11) is -2.36. The Hall–Kier alpha value is -1.71. The maximum absolute atomic E-state index is 12.4. The Morgan fingerprint density at radius 1 is 1.11 bits per heavy atom. The molecule has 0 aromatic heterocycles. The van der Waals surface area contributed by atoms with Gasteiger partial charge >= 0.3 is 57.4 Å². The van der Waals surface area contributed by atoms with Gasteiger partial charge < -0.3 is 11.3 Å². The Morgan fingerprint density at radius 2 is 1.65 bits per heavy atom. The molecule has 1 saturated carbocycles. The number of ether oxygens (including phenoxy) is 1. The van der Waals surface area contributed by atoms with Crippen molar-refractivity contribution in [3.63, 3.8) is 0 Å². The Morgan fingerprint density at radius 3 is 2.08 bits per heavy atom. The van der Waals surface area contributed by atoms with Crippen molar-refractivity contribution in [3.05, 3.63) is 61.6 Å². The molecule has 3 rings (SSSR count). The smallest absolute Gasteiger partial charge is 1.00 e. The average Bonchev–Trinajstić information content (AvgIpc) is 2.79. The molecule has 0 aliphatic heterocycles. The number of Topliss-reactive ketones (excluding diaryl/α,β-unsaturated/α-hetero) is 3. The van der Waals surface area contributed by atoms with E-state index in [2.05, 4.69) is 0 Å². The molecule has 0 radical (unpaired) electrons. The Kier molecular flexibility index (Phi) is 12.5. The van der Waals surface area contributed by atoms with Gasteiger partial charge in [-0.1, -0.05) is 23.2 Å². The first-order chi connectivity index (χ1) is 16.7. The minimum atomic E-state index is -3.70. The van der Waals surface area contributed by atoms with Crippen LogP contribution in [0, 0.1) is 16.0 Å². The zero-order chi connectivity index (χ0) is 27.4. The van der Waals surface area contributed by atoms with Crippen LogP contribution in [-0.4, -0.2) is 55.1 Å². The van der Waals surface area contributed by atoms with Crippen LogP contribution in [0.3, 0.4) is 0 Å². The van der Waals surface area contributed by atoms with E-state index < -0.39 is 55.2 Å². The van der Waals surface area contributed by atoms with Crippen molar-refractivity contribution in [1.29, 1.82) is 0 Å². The maximum atomic E-state index is 12.4. The summed E-state index contributed by atoms with van der Waals surface area (Å²) < 4.78 is 27.8. The number of hydrogen-bond donors (Lipinski definition) is 1. The van der Waals surface area contributed by atoms with E-state index in [1.165, 1.54) is 19.2 Å². The van der Waals surface area contributed by atoms with Crippen LogP contribution in [0.25, 0.3) is 0 Å². The zero-order valence-electron chi connectivity index (χ0n) is 20.8. The summed E-state index contributed by atoms with van der Waals surface area (Å²) in [6.45, 7) is 0. The number of aromatic carboxylic acids is 1. The molecule has 0 unspecified atom stereocenters. The van der Waals surface area contributed by atoms with E-state index in [9.17, 15) is 37.7 Å². The molecule has 15 heteroatoms. The second-order valence-corrected chi connectivity index (χ2v) is 10.4. The van der Waals surface area contributed by atoms with E-state index in [0.717, 1.165) is 24.5 Å². The number of nitro groups is 1. The third kappa shape index (κ3) is 8.13. The van der Waals surface area contributed by atoms with Crippen LogP contribution in [0.5, 0.6) is 5.75 Å². The summed E-state index contributed by atoms with van der Waals surface area (Å²) in [6.07, 6.45) is 1.37. The summed E-state index contributed by atoms with van der Waals surface area (Å²) in [5.74, 6) is -4.69. The van der Waals surface area contributed by atoms with Gasteiger partial charge in [0.1, 0.15) is 11.5 Å². The third-order valence-electron chi connectivity index (χ3n) is 5.09. The average molecular weight is 600 g/mol. The summed E-state index contributed by atoms with van der Waals surface area (Å²) in [5, 5.41) is 20.3. The fraction of sp³-hybridized carbons (Fsp3) is 0.273. The molecule has 2 aromatic rings. The number of nitrogens with zero attached hydrogens (tertiary/aromatic N) is 1. The SMILES string of the molecule is COc1c(Cl)ccc(Cl)c1C(=O)O.CS(=O)(=O)c1ccc(C(=O)C2C(=O)CCCC2=O)c([N+](=O)[O-])c1.[H-].[K+]. The van der Waals surface area contributed by atoms with Crippen molar-refractivity contribution in [2.24, 2.45) is 5.92 Å². The molecule has 0 saturated heterocycles. The number of benzene rings is 2. The van der Waals surface area contributed by atoms with E-state index in [1.54, 1.807) is 0 Å². The number of carboxylic acid groups (broad SMARTS) is 1. The van der Waals surface area contributed by atoms with Gasteiger partial charge in [0.15, 0.2) is 32.9 Å². The van der Waals surface area contributed by atoms with Gasteiger partial charge in [0.2, 0.25) is 0 Å². The van der Waals surface area contributed by atoms with Gasteiger partial charge in [0, 0.05) is 25.2 Å². The molecule has 1 fully saturated rings. The molecule has 2 aromatic carbocycles. The molecular formula is C22H20Cl2KNO10S. The fourth-order valence-corrected chi connectivity index (χ4v) is 4.49. The monoisotopic (exact) mass is 599 g/mol. The topological polar surface area (TPSA) is 175 Å². The second kappa shape index (κ2) is 13.9. The fourth-order valence-electron chi connectivity index (χ4n) is 3.39. The van der Waals surface area contributed by atoms with E-state index in [-0.39, 0.29) is 91.9 Å². The predicted octanol–water partition coefficient (Wildman–Crippen LogP) is 0.936. The van der Waals surface area contributed by atoms with Crippen molar-refractivity contribution in [2.75, 3.05) is 13.4 Å². The second-order valence-electron chi connectivity index (χ2n) is 7.53. The first-order valence-electron chi connectivity index (χ1n) is 10.0. The van der Waals surface area contributed by atoms with Crippen LogP contribution in [-0.2, 0) is 19.4 Å². The van der Waals surface area contributed by atoms with Crippen LogP contribution in [0.4, 0.5) is 5.69 Å². The van der Waals surface area contributed by atoms with Gasteiger partial charge in [-0.2, -0.15) is 0 Å². The number of hydrogen-bond acceptors (Lipinski definition) is 9. The number of carboxylic acids is 1. The van der Waals surface area contributed by atoms with Gasteiger partial charge in [-0.05, 0) is 30.7 Å². The summed E-state index contributed by atoms with van der Waals surface area (Å²) in [5.41, 5.74) is -1.28. The van der Waals surface area contributed by atoms with Crippen molar-refractivity contribution in [1.82, 2.24) is 0 Å². The number of carbonyl (C=O) groups is 4. The Balaban J connectivity index is 0.000000784. The molecule has 0 bridgehead atoms. The van der Waals surface area contributed by atoms with Crippen LogP contribution in [0.2, 0.25) is 10.0 Å². The van der Waals surface area contributed by atoms with Crippen molar-refractivity contribution >= 4 is 62.0 Å². The molecule has 194 valence electrons. The molecule has 0 heterocycles. The Labute approximate surface area is 265 Å². The van der Waals surface area contributed by atoms with Gasteiger partial charge in [-0.25, -0.2) is 13.2 Å². The quantitative estimate of drug-likeness (QED) is 0.165. The van der Waals surface area contributed by atoms with Crippen LogP contribution in [0.1, 0.15) is 41.4 Å². The van der Waals surface area contributed by atoms with Crippen LogP contribution >= 0.6 is 23.2 Å². The normalized spacial score (nSPS) is 13.6. The van der Waals surface area contributed by atoms with Gasteiger partial charge in [-0.3, -0.25) is 24.5 Å². The van der Waals surface area contributed by atoms with E-state index in [1.807, 2.05) is 0 Å². The van der Waals surface area contributed by atoms with Crippen LogP contribution < -0.4 is 56.1 Å². The largest absolute Gasteiger partial charge is 1.00 e. The number of carbonyl (C=O) groups excluding carboxylic acids is 3. The van der Waals surface area contributed by atoms with Crippen molar-refractivity contribution < 1.29 is 95.2 Å². The van der Waals surface area contributed by atoms with Gasteiger partial charge in [0.05, 0.1) is 32.5 Å². The zero-order valence-corrected chi connectivity index (χ0v) is 25.3. The number of methoxy groups -OCH3 is 1. The minimum absolute atomic E-state index is 0. The number of ketones is 3. The van der Waals surface area contributed by atoms with Crippen molar-refractivity contribution in [2.45, 2.75) is 24.2 Å². The molecule has 0 atom stereocenters. The maximum Gasteiger partial charge on any atom is 1.00 e. The standard InChI is InChI=1S/C14H13NO7S.C8H6Cl2O3.K.H/c1-23(21,22)8-5-6-9(10(7-8)15(19)20)14(18)13-11(16)3-2-4-12(13)17;1-13-7-5(10)3-2-4(9)6(7)8(11)12;;/h5-7,13H,2-4H2,1H3;2-3H,1H3,(H,11,12);;/q;;+1;-1. The van der Waals surface area contributed by atoms with E-state index in [0.29, 0.717) is 6.42 Å². The molecule has 0 spiro atoms. The minimum Gasteiger partial charge on any atom is -1.00 e. The summed E-state index contributed by atoms with van der Waals surface area (Å²) in [4.78, 5) is 56.7. The molecular weight excluding hydrogens is 580 g/mol. The van der Waals surface area contributed by atoms with Crippen LogP contribution in [0.15, 0.2) is 35.2 Å². The summed E-state index contributed by atoms with van der Waals surface area (Å²) >= 11 is 11.4. The number of rotatable bonds is 6. The van der Waals surface area contributed by atoms with E-state index >= 15 is 0 Å². The number of sulfone groups is 1. The molecule has 1 aliphatic rings. The molecule has 1 N–H and O–H groups in total. The van der Waals surface area contributed by atoms with E-state index in [4.69, 9.17) is 33.0 Å². The first kappa shape index (κ1) is 33.3. The van der Waals surface area contributed by atoms with Crippen molar-refractivity contribution in [3.8, 4) is 5.75 Å². The van der Waals surface area contributed by atoms with Gasteiger partial charge in [0.25, 0.3) is 5.69 Å². The molecule has 11 nitrogen and oxygen atoms in total. The Bertz CT molecular complexity index is 1370. The third-order valence-corrected chi connectivity index (χ3v) is 6.81. The molecule has 0 amide bonds. The first-order valence-corrected chi connectivity index (χ1v) is 12.7. The molecule has 1 aliphatic carbocycles. The summed E-state index contributed by atoms with van der Waals surface area (Å²) in [6, 6.07) is 5.69. The number of nitro benzene ring substituents is 1. The predicted molar refractivity (Wildman–Crippen MR) is 129 cm³/mol. The number of halogens is 2.